The van der Waals surface area contributed by atoms with E-state index in [4.69, 9.17) is 11.5 Å². The van der Waals surface area contributed by atoms with E-state index in [0.717, 1.165) is 0 Å². The third-order valence-corrected chi connectivity index (χ3v) is 7.62. The second-order valence-electron chi connectivity index (χ2n) is 7.67. The number of carbonyl (C=O) groups is 2. The highest BCUT2D eigenvalue weighted by Crippen LogP contribution is 2.44. The van der Waals surface area contributed by atoms with Crippen molar-refractivity contribution in [2.75, 3.05) is 11.5 Å². The van der Waals surface area contributed by atoms with Crippen molar-refractivity contribution in [3.8, 4) is 11.5 Å². The minimum Gasteiger partial charge on any atom is -0.507 e. The fourth-order valence-corrected chi connectivity index (χ4v) is 5.92. The summed E-state index contributed by atoms with van der Waals surface area (Å²) in [6, 6.07) is 19.5. The van der Waals surface area contributed by atoms with Gasteiger partial charge in [0.2, 0.25) is 0 Å². The van der Waals surface area contributed by atoms with Crippen LogP contribution in [0.4, 0.5) is 11.4 Å². The Kier molecular flexibility index (Phi) is 5.47. The van der Waals surface area contributed by atoms with Gasteiger partial charge in [-0.25, -0.2) is 0 Å². The van der Waals surface area contributed by atoms with Crippen LogP contribution in [-0.2, 0) is 0 Å². The molecule has 0 radical (unpaired) electrons. The first kappa shape index (κ1) is 21.9. The molecular weight excluding hydrogens is 468 g/mol. The lowest BCUT2D eigenvalue weighted by molar-refractivity contribution is 0.0974. The van der Waals surface area contributed by atoms with Gasteiger partial charge in [0.25, 0.3) is 0 Å². The van der Waals surface area contributed by atoms with Gasteiger partial charge in [-0.05, 0) is 48.5 Å². The number of anilines is 2. The van der Waals surface area contributed by atoms with Gasteiger partial charge in [0.05, 0.1) is 9.79 Å². The first-order chi connectivity index (χ1) is 16.3. The van der Waals surface area contributed by atoms with Crippen molar-refractivity contribution >= 4 is 46.5 Å². The van der Waals surface area contributed by atoms with Crippen LogP contribution in [0.5, 0.6) is 11.5 Å². The summed E-state index contributed by atoms with van der Waals surface area (Å²) in [5.41, 5.74) is 13.8. The van der Waals surface area contributed by atoms with Gasteiger partial charge in [-0.3, -0.25) is 9.59 Å². The van der Waals surface area contributed by atoms with Crippen LogP contribution in [0.1, 0.15) is 31.8 Å². The van der Waals surface area contributed by atoms with Crippen LogP contribution < -0.4 is 11.5 Å². The molecule has 0 unspecified atom stereocenters. The van der Waals surface area contributed by atoms with Crippen LogP contribution in [0.15, 0.2) is 92.4 Å². The number of hydrogen-bond acceptors (Lipinski definition) is 8. The quantitative estimate of drug-likeness (QED) is 0.198. The molecule has 34 heavy (non-hydrogen) atoms. The van der Waals surface area contributed by atoms with E-state index in [-0.39, 0.29) is 34.2 Å². The molecule has 0 fully saturated rings. The number of phenols is 2. The van der Waals surface area contributed by atoms with Gasteiger partial charge in [-0.2, -0.15) is 0 Å². The van der Waals surface area contributed by atoms with E-state index >= 15 is 0 Å². The molecule has 0 saturated heterocycles. The van der Waals surface area contributed by atoms with Crippen LogP contribution in [0, 0.1) is 0 Å². The summed E-state index contributed by atoms with van der Waals surface area (Å²) in [6.45, 7) is 0. The van der Waals surface area contributed by atoms with Gasteiger partial charge >= 0.3 is 0 Å². The molecule has 8 heteroatoms. The van der Waals surface area contributed by atoms with Gasteiger partial charge in [-0.1, -0.05) is 47.8 Å². The molecule has 0 atom stereocenters. The van der Waals surface area contributed by atoms with E-state index < -0.39 is 0 Å². The molecule has 0 aliphatic heterocycles. The zero-order chi connectivity index (χ0) is 24.0. The van der Waals surface area contributed by atoms with E-state index in [1.165, 1.54) is 35.7 Å². The number of nitrogen functional groups attached to an aromatic ring is 2. The van der Waals surface area contributed by atoms with Crippen molar-refractivity contribution in [1.29, 1.82) is 0 Å². The fourth-order valence-electron chi connectivity index (χ4n) is 3.81. The largest absolute Gasteiger partial charge is 0.507 e. The molecule has 0 amide bonds. The number of nitrogens with two attached hydrogens (primary N) is 2. The lowest BCUT2D eigenvalue weighted by atomic mass is 9.84. The van der Waals surface area contributed by atoms with E-state index in [1.54, 1.807) is 60.7 Å². The summed E-state index contributed by atoms with van der Waals surface area (Å²) < 4.78 is 0. The smallest absolute Gasteiger partial charge is 0.195 e. The van der Waals surface area contributed by atoms with E-state index in [0.29, 0.717) is 42.1 Å². The van der Waals surface area contributed by atoms with Crippen LogP contribution in [-0.4, -0.2) is 21.8 Å². The molecular formula is C26H18N2O4S2. The van der Waals surface area contributed by atoms with Crippen molar-refractivity contribution < 1.29 is 19.8 Å². The number of carbonyl (C=O) groups excluding carboxylic acids is 2. The number of ketones is 2. The maximum atomic E-state index is 13.6. The van der Waals surface area contributed by atoms with Crippen LogP contribution in [0.3, 0.4) is 0 Å². The van der Waals surface area contributed by atoms with Gasteiger partial charge in [0.1, 0.15) is 11.5 Å². The summed E-state index contributed by atoms with van der Waals surface area (Å²) >= 11 is 2.36. The number of rotatable bonds is 4. The summed E-state index contributed by atoms with van der Waals surface area (Å²) in [5.74, 6) is -0.495. The average Bonchev–Trinajstić information content (AvgIpc) is 2.82. The highest BCUT2D eigenvalue weighted by atomic mass is 32.2. The molecule has 4 aromatic carbocycles. The van der Waals surface area contributed by atoms with Crippen molar-refractivity contribution in [2.24, 2.45) is 0 Å². The fraction of sp³-hybridized carbons (Fsp3) is 0. The summed E-state index contributed by atoms with van der Waals surface area (Å²) in [6.07, 6.45) is 0. The molecule has 6 N–H and O–H groups in total. The monoisotopic (exact) mass is 486 g/mol. The zero-order valence-electron chi connectivity index (χ0n) is 17.6. The van der Waals surface area contributed by atoms with E-state index in [9.17, 15) is 19.8 Å². The highest BCUT2D eigenvalue weighted by Gasteiger charge is 2.34. The summed E-state index contributed by atoms with van der Waals surface area (Å²) in [5, 5.41) is 20.5. The maximum Gasteiger partial charge on any atom is 0.195 e. The SMILES string of the molecule is Nc1ccc(O)c(Sc2cccc3c2C(=O)c2cccc(Sc4cc(N)ccc4O)c2C3=O)c1. The molecule has 0 bridgehead atoms. The maximum absolute atomic E-state index is 13.6. The molecule has 0 aromatic heterocycles. The van der Waals surface area contributed by atoms with Gasteiger partial charge < -0.3 is 21.7 Å². The second kappa shape index (κ2) is 8.48. The van der Waals surface area contributed by atoms with Gasteiger partial charge in [0, 0.05) is 43.4 Å². The Hall–Kier alpha value is -3.88. The number of aromatic hydroxyl groups is 2. The predicted octanol–water partition coefficient (Wildman–Crippen LogP) is 5.34. The lowest BCUT2D eigenvalue weighted by Gasteiger charge is -2.22. The standard InChI is InChI=1S/C26H18N2O4S2/c27-13-7-9-17(29)21(11-13)33-19-5-1-3-15-23(19)26(32)16-4-2-6-20(24(16)25(15)31)34-22-12-14(28)8-10-18(22)30/h1-12,29-30H,27-28H2. The lowest BCUT2D eigenvalue weighted by Crippen LogP contribution is -2.22. The summed E-state index contributed by atoms with van der Waals surface area (Å²) in [4.78, 5) is 29.3. The van der Waals surface area contributed by atoms with E-state index in [2.05, 4.69) is 0 Å². The van der Waals surface area contributed by atoms with E-state index in [1.807, 2.05) is 0 Å². The molecule has 5 rings (SSSR count). The topological polar surface area (TPSA) is 127 Å². The Morgan fingerprint density at radius 2 is 0.971 bits per heavy atom. The first-order valence-electron chi connectivity index (χ1n) is 10.2. The van der Waals surface area contributed by atoms with Crippen molar-refractivity contribution in [1.82, 2.24) is 0 Å². The molecule has 1 aliphatic carbocycles. The Labute approximate surface area is 203 Å². The third-order valence-electron chi connectivity index (χ3n) is 5.40. The molecule has 168 valence electrons. The van der Waals surface area contributed by atoms with Gasteiger partial charge in [0.15, 0.2) is 11.6 Å². The normalized spacial score (nSPS) is 12.4. The zero-order valence-corrected chi connectivity index (χ0v) is 19.2. The Morgan fingerprint density at radius 3 is 1.38 bits per heavy atom. The minimum atomic E-state index is -0.282. The van der Waals surface area contributed by atoms with Gasteiger partial charge in [-0.15, -0.1) is 0 Å². The molecule has 6 nitrogen and oxygen atoms in total. The third kappa shape index (κ3) is 3.76. The Morgan fingerprint density at radius 1 is 0.559 bits per heavy atom. The molecule has 4 aromatic rings. The number of hydrogen-bond donors (Lipinski definition) is 4. The number of phenolic OH excluding ortho intramolecular Hbond substituents is 2. The van der Waals surface area contributed by atoms with Crippen molar-refractivity contribution in [3.63, 3.8) is 0 Å². The highest BCUT2D eigenvalue weighted by molar-refractivity contribution is 7.99. The number of fused-ring (bicyclic) bond motifs is 2. The number of benzene rings is 4. The molecule has 0 heterocycles. The first-order valence-corrected chi connectivity index (χ1v) is 11.8. The summed E-state index contributed by atoms with van der Waals surface area (Å²) in [7, 11) is 0. The Balaban J connectivity index is 1.60. The van der Waals surface area contributed by atoms with Crippen LogP contribution in [0.2, 0.25) is 0 Å². The van der Waals surface area contributed by atoms with Crippen LogP contribution in [0.25, 0.3) is 0 Å². The predicted molar refractivity (Wildman–Crippen MR) is 133 cm³/mol. The van der Waals surface area contributed by atoms with Crippen molar-refractivity contribution in [2.45, 2.75) is 19.6 Å². The van der Waals surface area contributed by atoms with Crippen LogP contribution >= 0.6 is 23.5 Å². The molecule has 1 aliphatic rings. The Bertz CT molecular complexity index is 1390. The second-order valence-corrected chi connectivity index (χ2v) is 9.84. The average molecular weight is 487 g/mol. The molecule has 0 saturated carbocycles. The molecule has 0 spiro atoms. The minimum absolute atomic E-state index is 0.0346. The van der Waals surface area contributed by atoms with Crippen molar-refractivity contribution in [3.05, 3.63) is 95.1 Å².